The van der Waals surface area contributed by atoms with Crippen LogP contribution in [0.4, 0.5) is 0 Å². The van der Waals surface area contributed by atoms with E-state index in [1.54, 1.807) is 23.6 Å². The van der Waals surface area contributed by atoms with Gasteiger partial charge in [-0.3, -0.25) is 4.57 Å². The Morgan fingerprint density at radius 1 is 1.41 bits per heavy atom. The van der Waals surface area contributed by atoms with Crippen molar-refractivity contribution in [2.24, 2.45) is 0 Å². The van der Waals surface area contributed by atoms with E-state index in [0.29, 0.717) is 17.9 Å². The van der Waals surface area contributed by atoms with Crippen molar-refractivity contribution in [1.29, 1.82) is 0 Å². The summed E-state index contributed by atoms with van der Waals surface area (Å²) >= 11 is 3.33. The minimum Gasteiger partial charge on any atom is -0.462 e. The van der Waals surface area contributed by atoms with E-state index in [-0.39, 0.29) is 5.97 Å². The molecule has 0 unspecified atom stereocenters. The molecule has 1 aromatic heterocycles. The molecule has 2 aromatic rings. The molecule has 0 N–H and O–H groups in total. The zero-order chi connectivity index (χ0) is 12.3. The lowest BCUT2D eigenvalue weighted by atomic mass is 10.2. The molecule has 1 aromatic carbocycles. The number of aromatic nitrogens is 3. The van der Waals surface area contributed by atoms with Crippen LogP contribution in [0.2, 0.25) is 0 Å². The number of hydrogen-bond acceptors (Lipinski definition) is 4. The lowest BCUT2D eigenvalue weighted by Crippen LogP contribution is -2.09. The minimum absolute atomic E-state index is 0.340. The average molecular weight is 296 g/mol. The SMILES string of the molecule is CCOC(=O)c1cc(Br)ccc1-n1cnnc1. The van der Waals surface area contributed by atoms with Gasteiger partial charge in [-0.05, 0) is 25.1 Å². The Morgan fingerprint density at radius 2 is 2.12 bits per heavy atom. The van der Waals surface area contributed by atoms with E-state index in [9.17, 15) is 4.79 Å². The quantitative estimate of drug-likeness (QED) is 0.815. The number of halogens is 1. The Morgan fingerprint density at radius 3 is 2.76 bits per heavy atom. The summed E-state index contributed by atoms with van der Waals surface area (Å²) in [5.41, 5.74) is 1.16. The molecule has 6 heteroatoms. The molecule has 1 heterocycles. The molecule has 5 nitrogen and oxygen atoms in total. The summed E-state index contributed by atoms with van der Waals surface area (Å²) in [5.74, 6) is -0.363. The molecule has 0 radical (unpaired) electrons. The van der Waals surface area contributed by atoms with Crippen LogP contribution < -0.4 is 0 Å². The van der Waals surface area contributed by atoms with Gasteiger partial charge in [0, 0.05) is 4.47 Å². The zero-order valence-corrected chi connectivity index (χ0v) is 10.7. The Balaban J connectivity index is 2.48. The second-order valence-corrected chi connectivity index (χ2v) is 4.17. The predicted octanol–water partition coefficient (Wildman–Crippen LogP) is 2.21. The molecule has 0 aliphatic heterocycles. The molecule has 0 aliphatic carbocycles. The van der Waals surface area contributed by atoms with Gasteiger partial charge >= 0.3 is 5.97 Å². The highest BCUT2D eigenvalue weighted by molar-refractivity contribution is 9.10. The summed E-state index contributed by atoms with van der Waals surface area (Å²) in [6, 6.07) is 5.37. The van der Waals surface area contributed by atoms with Crippen molar-refractivity contribution in [3.8, 4) is 5.69 Å². The van der Waals surface area contributed by atoms with Gasteiger partial charge in [0.1, 0.15) is 12.7 Å². The molecule has 88 valence electrons. The van der Waals surface area contributed by atoms with Crippen LogP contribution in [-0.4, -0.2) is 27.3 Å². The third-order valence-electron chi connectivity index (χ3n) is 2.15. The smallest absolute Gasteiger partial charge is 0.340 e. The van der Waals surface area contributed by atoms with Gasteiger partial charge in [0.15, 0.2) is 0 Å². The van der Waals surface area contributed by atoms with Gasteiger partial charge in [-0.25, -0.2) is 4.79 Å². The molecule has 0 saturated carbocycles. The van der Waals surface area contributed by atoms with Crippen LogP contribution in [0.3, 0.4) is 0 Å². The van der Waals surface area contributed by atoms with Gasteiger partial charge in [-0.1, -0.05) is 15.9 Å². The van der Waals surface area contributed by atoms with E-state index < -0.39 is 0 Å². The Hall–Kier alpha value is -1.69. The first-order valence-corrected chi connectivity index (χ1v) is 5.83. The fraction of sp³-hybridized carbons (Fsp3) is 0.182. The van der Waals surface area contributed by atoms with Crippen molar-refractivity contribution in [1.82, 2.24) is 14.8 Å². The van der Waals surface area contributed by atoms with E-state index in [2.05, 4.69) is 26.1 Å². The van der Waals surface area contributed by atoms with Crippen molar-refractivity contribution >= 4 is 21.9 Å². The van der Waals surface area contributed by atoms with E-state index in [1.165, 1.54) is 12.7 Å². The van der Waals surface area contributed by atoms with E-state index in [0.717, 1.165) is 4.47 Å². The van der Waals surface area contributed by atoms with E-state index >= 15 is 0 Å². The maximum atomic E-state index is 11.8. The zero-order valence-electron chi connectivity index (χ0n) is 9.13. The molecular formula is C11H10BrN3O2. The number of ether oxygens (including phenoxy) is 1. The lowest BCUT2D eigenvalue weighted by molar-refractivity contribution is 0.0526. The predicted molar refractivity (Wildman–Crippen MR) is 65.0 cm³/mol. The van der Waals surface area contributed by atoms with Crippen molar-refractivity contribution in [2.45, 2.75) is 6.92 Å². The highest BCUT2D eigenvalue weighted by Gasteiger charge is 2.14. The summed E-state index contributed by atoms with van der Waals surface area (Å²) in [6.45, 7) is 2.11. The number of nitrogens with zero attached hydrogens (tertiary/aromatic N) is 3. The Labute approximate surface area is 107 Å². The van der Waals surface area contributed by atoms with Crippen LogP contribution in [0.5, 0.6) is 0 Å². The number of carbonyl (C=O) groups excluding carboxylic acids is 1. The molecule has 0 bridgehead atoms. The first-order chi connectivity index (χ1) is 8.22. The minimum atomic E-state index is -0.363. The highest BCUT2D eigenvalue weighted by Crippen LogP contribution is 2.20. The largest absolute Gasteiger partial charge is 0.462 e. The summed E-state index contributed by atoms with van der Waals surface area (Å²) in [6.07, 6.45) is 3.07. The first kappa shape index (κ1) is 11.8. The molecule has 17 heavy (non-hydrogen) atoms. The van der Waals surface area contributed by atoms with Crippen LogP contribution >= 0.6 is 15.9 Å². The highest BCUT2D eigenvalue weighted by atomic mass is 79.9. The van der Waals surface area contributed by atoms with Crippen molar-refractivity contribution in [3.63, 3.8) is 0 Å². The third kappa shape index (κ3) is 2.52. The molecule has 0 amide bonds. The maximum absolute atomic E-state index is 11.8. The van der Waals surface area contributed by atoms with Crippen LogP contribution in [0, 0.1) is 0 Å². The average Bonchev–Trinajstić information content (AvgIpc) is 2.82. The number of carbonyl (C=O) groups is 1. The fourth-order valence-electron chi connectivity index (χ4n) is 1.43. The number of hydrogen-bond donors (Lipinski definition) is 0. The van der Waals surface area contributed by atoms with Gasteiger partial charge in [0.05, 0.1) is 17.9 Å². The van der Waals surface area contributed by atoms with E-state index in [1.807, 2.05) is 6.07 Å². The fourth-order valence-corrected chi connectivity index (χ4v) is 1.79. The molecule has 0 atom stereocenters. The monoisotopic (exact) mass is 295 g/mol. The Bertz CT molecular complexity index is 526. The van der Waals surface area contributed by atoms with Crippen LogP contribution in [0.1, 0.15) is 17.3 Å². The summed E-state index contributed by atoms with van der Waals surface area (Å²) in [4.78, 5) is 11.8. The topological polar surface area (TPSA) is 57.0 Å². The molecular weight excluding hydrogens is 286 g/mol. The van der Waals surface area contributed by atoms with Gasteiger partial charge in [0.2, 0.25) is 0 Å². The second-order valence-electron chi connectivity index (χ2n) is 3.25. The van der Waals surface area contributed by atoms with Gasteiger partial charge in [0.25, 0.3) is 0 Å². The molecule has 0 fully saturated rings. The second kappa shape index (κ2) is 5.09. The third-order valence-corrected chi connectivity index (χ3v) is 2.64. The lowest BCUT2D eigenvalue weighted by Gasteiger charge is -2.09. The molecule has 0 spiro atoms. The van der Waals surface area contributed by atoms with Gasteiger partial charge in [-0.2, -0.15) is 0 Å². The van der Waals surface area contributed by atoms with Crippen molar-refractivity contribution in [3.05, 3.63) is 40.9 Å². The first-order valence-electron chi connectivity index (χ1n) is 5.04. The van der Waals surface area contributed by atoms with Crippen molar-refractivity contribution in [2.75, 3.05) is 6.61 Å². The molecule has 0 saturated heterocycles. The number of esters is 1. The van der Waals surface area contributed by atoms with Crippen LogP contribution in [0.15, 0.2) is 35.3 Å². The van der Waals surface area contributed by atoms with Crippen LogP contribution in [-0.2, 0) is 4.74 Å². The van der Waals surface area contributed by atoms with Gasteiger partial charge < -0.3 is 4.74 Å². The summed E-state index contributed by atoms with van der Waals surface area (Å²) < 4.78 is 7.49. The molecule has 0 aliphatic rings. The molecule has 2 rings (SSSR count). The maximum Gasteiger partial charge on any atom is 0.340 e. The number of rotatable bonds is 3. The summed E-state index contributed by atoms with van der Waals surface area (Å²) in [5, 5.41) is 7.43. The Kier molecular flexibility index (Phi) is 3.53. The standard InChI is InChI=1S/C11H10BrN3O2/c1-2-17-11(16)9-5-8(12)3-4-10(9)15-6-13-14-7-15/h3-7H,2H2,1H3. The number of benzene rings is 1. The van der Waals surface area contributed by atoms with Gasteiger partial charge in [-0.15, -0.1) is 10.2 Å². The van der Waals surface area contributed by atoms with Crippen LogP contribution in [0.25, 0.3) is 5.69 Å². The van der Waals surface area contributed by atoms with E-state index in [4.69, 9.17) is 4.74 Å². The van der Waals surface area contributed by atoms with Crippen molar-refractivity contribution < 1.29 is 9.53 Å². The normalized spacial score (nSPS) is 10.2. The summed E-state index contributed by atoms with van der Waals surface area (Å²) in [7, 11) is 0.